The van der Waals surface area contributed by atoms with Crippen LogP contribution in [-0.2, 0) is 0 Å². The van der Waals surface area contributed by atoms with Crippen molar-refractivity contribution in [2.75, 3.05) is 4.90 Å². The number of terminal acetylenes is 1. The van der Waals surface area contributed by atoms with Crippen LogP contribution >= 0.6 is 11.3 Å². The molecule has 2 N–H and O–H groups in total. The SMILES string of the molecule is C#Cc1cccc(N(C(N)=O)c2ncc(C(C)C)s2)c1. The van der Waals surface area contributed by atoms with Crippen LogP contribution in [0.2, 0.25) is 0 Å². The van der Waals surface area contributed by atoms with Crippen LogP contribution < -0.4 is 10.6 Å². The Morgan fingerprint density at radius 2 is 2.25 bits per heavy atom. The van der Waals surface area contributed by atoms with Crippen LogP contribution in [0.4, 0.5) is 15.6 Å². The summed E-state index contributed by atoms with van der Waals surface area (Å²) in [6, 6.07) is 6.52. The molecule has 0 saturated heterocycles. The first-order chi connectivity index (χ1) is 9.52. The molecule has 0 radical (unpaired) electrons. The zero-order chi connectivity index (χ0) is 14.7. The number of hydrogen-bond acceptors (Lipinski definition) is 3. The topological polar surface area (TPSA) is 59.2 Å². The molecule has 0 atom stereocenters. The molecule has 0 unspecified atom stereocenters. The summed E-state index contributed by atoms with van der Waals surface area (Å²) in [6.45, 7) is 4.15. The number of nitrogens with two attached hydrogens (primary N) is 1. The zero-order valence-electron chi connectivity index (χ0n) is 11.3. The second-order valence-electron chi connectivity index (χ2n) is 4.57. The Morgan fingerprint density at radius 3 is 2.80 bits per heavy atom. The van der Waals surface area contributed by atoms with Crippen molar-refractivity contribution in [1.82, 2.24) is 4.98 Å². The van der Waals surface area contributed by atoms with Gasteiger partial charge in [0.1, 0.15) is 0 Å². The summed E-state index contributed by atoms with van der Waals surface area (Å²) in [6.07, 6.45) is 7.15. The summed E-state index contributed by atoms with van der Waals surface area (Å²) >= 11 is 1.45. The first kappa shape index (κ1) is 14.1. The molecule has 2 aromatic rings. The molecule has 0 aliphatic rings. The van der Waals surface area contributed by atoms with Crippen LogP contribution in [0.15, 0.2) is 30.5 Å². The molecule has 20 heavy (non-hydrogen) atoms. The van der Waals surface area contributed by atoms with Gasteiger partial charge < -0.3 is 5.73 Å². The molecule has 0 aliphatic carbocycles. The van der Waals surface area contributed by atoms with E-state index in [2.05, 4.69) is 24.8 Å². The largest absolute Gasteiger partial charge is 0.351 e. The maximum atomic E-state index is 11.7. The van der Waals surface area contributed by atoms with Crippen LogP contribution in [0.25, 0.3) is 0 Å². The molecule has 0 fully saturated rings. The van der Waals surface area contributed by atoms with Gasteiger partial charge in [-0.3, -0.25) is 0 Å². The minimum atomic E-state index is -0.580. The van der Waals surface area contributed by atoms with E-state index in [1.165, 1.54) is 16.2 Å². The fraction of sp³-hybridized carbons (Fsp3) is 0.200. The fourth-order valence-electron chi connectivity index (χ4n) is 1.71. The van der Waals surface area contributed by atoms with Crippen LogP contribution in [0.3, 0.4) is 0 Å². The second-order valence-corrected chi connectivity index (χ2v) is 5.61. The van der Waals surface area contributed by atoms with Gasteiger partial charge >= 0.3 is 6.03 Å². The number of anilines is 2. The zero-order valence-corrected chi connectivity index (χ0v) is 12.1. The first-order valence-electron chi connectivity index (χ1n) is 6.15. The van der Waals surface area contributed by atoms with Crippen LogP contribution in [0.1, 0.15) is 30.2 Å². The Balaban J connectivity index is 2.45. The normalized spacial score (nSPS) is 10.3. The molecule has 0 aliphatic heterocycles. The second kappa shape index (κ2) is 5.76. The molecule has 1 aromatic carbocycles. The van der Waals surface area contributed by atoms with Crippen molar-refractivity contribution in [2.24, 2.45) is 5.73 Å². The number of urea groups is 1. The Kier molecular flexibility index (Phi) is 4.06. The van der Waals surface area contributed by atoms with E-state index in [0.717, 1.165) is 4.88 Å². The lowest BCUT2D eigenvalue weighted by atomic mass is 10.2. The van der Waals surface area contributed by atoms with Crippen molar-refractivity contribution in [3.05, 3.63) is 40.9 Å². The van der Waals surface area contributed by atoms with Gasteiger partial charge in [0.2, 0.25) is 0 Å². The first-order valence-corrected chi connectivity index (χ1v) is 6.96. The van der Waals surface area contributed by atoms with E-state index in [9.17, 15) is 4.79 Å². The number of rotatable bonds is 3. The number of carbonyl (C=O) groups is 1. The Bertz CT molecular complexity index is 670. The van der Waals surface area contributed by atoms with Crippen molar-refractivity contribution in [1.29, 1.82) is 0 Å². The molecule has 0 saturated carbocycles. The van der Waals surface area contributed by atoms with Crippen LogP contribution in [0, 0.1) is 12.3 Å². The van der Waals surface area contributed by atoms with Gasteiger partial charge in [-0.25, -0.2) is 14.7 Å². The highest BCUT2D eigenvalue weighted by Crippen LogP contribution is 2.32. The molecule has 2 rings (SSSR count). The third-order valence-corrected chi connectivity index (χ3v) is 4.05. The van der Waals surface area contributed by atoms with Gasteiger partial charge in [-0.2, -0.15) is 0 Å². The number of benzene rings is 1. The van der Waals surface area contributed by atoms with Crippen LogP contribution in [-0.4, -0.2) is 11.0 Å². The van der Waals surface area contributed by atoms with Gasteiger partial charge in [-0.15, -0.1) is 17.8 Å². The van der Waals surface area contributed by atoms with Crippen molar-refractivity contribution >= 4 is 28.2 Å². The van der Waals surface area contributed by atoms with Crippen molar-refractivity contribution in [3.8, 4) is 12.3 Å². The minimum Gasteiger partial charge on any atom is -0.351 e. The van der Waals surface area contributed by atoms with Crippen molar-refractivity contribution in [3.63, 3.8) is 0 Å². The quantitative estimate of drug-likeness (QED) is 0.878. The minimum absolute atomic E-state index is 0.355. The Hall–Kier alpha value is -2.32. The van der Waals surface area contributed by atoms with Gasteiger partial charge in [0, 0.05) is 16.6 Å². The number of carbonyl (C=O) groups excluding carboxylic acids is 1. The standard InChI is InChI=1S/C15H15N3OS/c1-4-11-6-5-7-12(8-11)18(14(16)19)15-17-9-13(20-15)10(2)3/h1,5-10H,2-3H3,(H2,16,19). The van der Waals surface area contributed by atoms with E-state index >= 15 is 0 Å². The number of thiazole rings is 1. The lowest BCUT2D eigenvalue weighted by molar-refractivity contribution is 0.256. The summed E-state index contributed by atoms with van der Waals surface area (Å²) in [5, 5.41) is 0.551. The van der Waals surface area contributed by atoms with Crippen molar-refractivity contribution in [2.45, 2.75) is 19.8 Å². The smallest absolute Gasteiger partial charge is 0.325 e. The predicted octanol–water partition coefficient (Wildman–Crippen LogP) is 3.46. The maximum Gasteiger partial charge on any atom is 0.325 e. The lowest BCUT2D eigenvalue weighted by Crippen LogP contribution is -2.31. The monoisotopic (exact) mass is 285 g/mol. The van der Waals surface area contributed by atoms with Crippen molar-refractivity contribution < 1.29 is 4.79 Å². The summed E-state index contributed by atoms with van der Waals surface area (Å²) < 4.78 is 0. The van der Waals surface area contributed by atoms with E-state index in [4.69, 9.17) is 12.2 Å². The summed E-state index contributed by atoms with van der Waals surface area (Å²) in [5.41, 5.74) is 6.79. The summed E-state index contributed by atoms with van der Waals surface area (Å²) in [7, 11) is 0. The Labute approximate surface area is 122 Å². The number of nitrogens with zero attached hydrogens (tertiary/aromatic N) is 2. The third kappa shape index (κ3) is 2.81. The highest BCUT2D eigenvalue weighted by atomic mass is 32.1. The molecule has 1 aromatic heterocycles. The predicted molar refractivity (Wildman–Crippen MR) is 82.3 cm³/mol. The molecule has 102 valence electrons. The summed E-state index contributed by atoms with van der Waals surface area (Å²) in [4.78, 5) is 18.5. The summed E-state index contributed by atoms with van der Waals surface area (Å²) in [5.74, 6) is 2.89. The van der Waals surface area contributed by atoms with E-state index in [1.807, 2.05) is 0 Å². The fourth-order valence-corrected chi connectivity index (χ4v) is 2.66. The van der Waals surface area contributed by atoms with Gasteiger partial charge in [-0.05, 0) is 24.1 Å². The molecule has 2 amide bonds. The molecule has 5 heteroatoms. The third-order valence-electron chi connectivity index (χ3n) is 2.76. The van der Waals surface area contributed by atoms with E-state index in [0.29, 0.717) is 22.3 Å². The van der Waals surface area contributed by atoms with Crippen LogP contribution in [0.5, 0.6) is 0 Å². The molecular formula is C15H15N3OS. The van der Waals surface area contributed by atoms with E-state index in [1.54, 1.807) is 30.5 Å². The van der Waals surface area contributed by atoms with E-state index in [-0.39, 0.29) is 0 Å². The van der Waals surface area contributed by atoms with Gasteiger partial charge in [0.25, 0.3) is 0 Å². The van der Waals surface area contributed by atoms with E-state index < -0.39 is 6.03 Å². The maximum absolute atomic E-state index is 11.7. The molecule has 0 spiro atoms. The highest BCUT2D eigenvalue weighted by Gasteiger charge is 2.19. The molecule has 1 heterocycles. The molecule has 4 nitrogen and oxygen atoms in total. The lowest BCUT2D eigenvalue weighted by Gasteiger charge is -2.17. The molecular weight excluding hydrogens is 270 g/mol. The number of aromatic nitrogens is 1. The number of primary amides is 1. The van der Waals surface area contributed by atoms with Gasteiger partial charge in [0.15, 0.2) is 5.13 Å². The average molecular weight is 285 g/mol. The number of amides is 2. The number of hydrogen-bond donors (Lipinski definition) is 1. The van der Waals surface area contributed by atoms with Gasteiger partial charge in [0.05, 0.1) is 5.69 Å². The highest BCUT2D eigenvalue weighted by molar-refractivity contribution is 7.15. The molecule has 0 bridgehead atoms. The van der Waals surface area contributed by atoms with Gasteiger partial charge in [-0.1, -0.05) is 25.8 Å². The Morgan fingerprint density at radius 1 is 1.50 bits per heavy atom. The average Bonchev–Trinajstić information content (AvgIpc) is 2.88.